The van der Waals surface area contributed by atoms with E-state index < -0.39 is 0 Å². The molecule has 0 amide bonds. The minimum absolute atomic E-state index is 1.11. The molecule has 1 rings (SSSR count). The van der Waals surface area contributed by atoms with Crippen LogP contribution in [-0.2, 0) is 7.05 Å². The molecule has 0 N–H and O–H groups in total. The third kappa shape index (κ3) is 0.802. The Balaban J connectivity index is 3.19. The maximum absolute atomic E-state index is 3.38. The molecule has 1 aromatic heterocycles. The van der Waals surface area contributed by atoms with Crippen molar-refractivity contribution in [1.29, 1.82) is 0 Å². The second-order valence-corrected chi connectivity index (χ2v) is 2.55. The van der Waals surface area contributed by atoms with E-state index in [0.717, 1.165) is 10.2 Å². The molecule has 0 bridgehead atoms. The van der Waals surface area contributed by atoms with E-state index in [1.165, 1.54) is 0 Å². The predicted molar refractivity (Wildman–Crippen MR) is 36.7 cm³/mol. The Morgan fingerprint density at radius 3 is 2.50 bits per heavy atom. The third-order valence-electron chi connectivity index (χ3n) is 1.09. The zero-order chi connectivity index (χ0) is 6.15. The van der Waals surface area contributed by atoms with Crippen molar-refractivity contribution < 1.29 is 0 Å². The van der Waals surface area contributed by atoms with Crippen LogP contribution in [0.2, 0.25) is 0 Å². The van der Waals surface area contributed by atoms with Crippen molar-refractivity contribution in [1.82, 2.24) is 4.57 Å². The second-order valence-electron chi connectivity index (χ2n) is 1.80. The molecular weight excluding hydrogens is 166 g/mol. The third-order valence-corrected chi connectivity index (χ3v) is 2.25. The highest BCUT2D eigenvalue weighted by molar-refractivity contribution is 9.10. The Hall–Kier alpha value is -0.240. The lowest BCUT2D eigenvalue weighted by molar-refractivity contribution is 0.897. The van der Waals surface area contributed by atoms with E-state index in [0.29, 0.717) is 0 Å². The zero-order valence-corrected chi connectivity index (χ0v) is 6.49. The van der Waals surface area contributed by atoms with Crippen LogP contribution in [0.25, 0.3) is 0 Å². The first kappa shape index (κ1) is 5.89. The van der Waals surface area contributed by atoms with Gasteiger partial charge >= 0.3 is 0 Å². The van der Waals surface area contributed by atoms with Crippen molar-refractivity contribution in [2.45, 2.75) is 6.92 Å². The fraction of sp³-hybridized carbons (Fsp3) is 0.333. The van der Waals surface area contributed by atoms with Crippen molar-refractivity contribution in [2.24, 2.45) is 7.05 Å². The molecule has 0 aliphatic carbocycles. The summed E-state index contributed by atoms with van der Waals surface area (Å²) in [7, 11) is 1.98. The van der Waals surface area contributed by atoms with Crippen molar-refractivity contribution >= 4 is 15.9 Å². The number of aryl methyl sites for hydroxylation is 2. The van der Waals surface area contributed by atoms with Gasteiger partial charge in [0, 0.05) is 19.3 Å². The lowest BCUT2D eigenvalue weighted by atomic mass is 10.4. The smallest absolute Gasteiger partial charge is 0.0879 e. The quantitative estimate of drug-likeness (QED) is 0.564. The van der Waals surface area contributed by atoms with E-state index in [2.05, 4.69) is 22.0 Å². The molecule has 1 nitrogen and oxygen atoms in total. The maximum atomic E-state index is 3.38. The first-order valence-electron chi connectivity index (χ1n) is 2.41. The molecule has 0 aliphatic rings. The normalized spacial score (nSPS) is 9.88. The minimum atomic E-state index is 1.11. The number of aromatic nitrogens is 1. The van der Waals surface area contributed by atoms with E-state index >= 15 is 0 Å². The van der Waals surface area contributed by atoms with Gasteiger partial charge in [0.05, 0.1) is 4.60 Å². The van der Waals surface area contributed by atoms with E-state index in [1.807, 2.05) is 24.7 Å². The maximum Gasteiger partial charge on any atom is 0.0879 e. The molecule has 0 unspecified atom stereocenters. The van der Waals surface area contributed by atoms with Gasteiger partial charge in [0.2, 0.25) is 0 Å². The molecule has 0 saturated heterocycles. The molecule has 0 aromatic carbocycles. The lowest BCUT2D eigenvalue weighted by Gasteiger charge is -1.90. The largest absolute Gasteiger partial charge is 0.345 e. The van der Waals surface area contributed by atoms with E-state index in [-0.39, 0.29) is 0 Å². The molecular formula is C6H7BrN. The summed E-state index contributed by atoms with van der Waals surface area (Å²) in [6.07, 6.45) is 1.90. The van der Waals surface area contributed by atoms with Crippen LogP contribution in [0.15, 0.2) is 10.8 Å². The number of nitrogens with zero attached hydrogens (tertiary/aromatic N) is 1. The van der Waals surface area contributed by atoms with Crippen LogP contribution in [0.1, 0.15) is 5.56 Å². The second kappa shape index (κ2) is 1.94. The molecule has 1 aromatic rings. The predicted octanol–water partition coefficient (Wildman–Crippen LogP) is 1.90. The van der Waals surface area contributed by atoms with Crippen molar-refractivity contribution in [2.75, 3.05) is 0 Å². The monoisotopic (exact) mass is 172 g/mol. The molecule has 0 atom stereocenters. The van der Waals surface area contributed by atoms with Gasteiger partial charge in [-0.05, 0) is 28.4 Å². The van der Waals surface area contributed by atoms with Gasteiger partial charge in [0.1, 0.15) is 0 Å². The average Bonchev–Trinajstić information content (AvgIpc) is 1.98. The standard InChI is InChI=1S/C6H7BrN/c1-5-3-4-8(2)6(5)7/h4H,1-2H3. The summed E-state index contributed by atoms with van der Waals surface area (Å²) in [4.78, 5) is 0. The molecule has 0 fully saturated rings. The van der Waals surface area contributed by atoms with Gasteiger partial charge in [-0.25, -0.2) is 0 Å². The Bertz CT molecular complexity index is 171. The Labute approximate surface area is 57.4 Å². The van der Waals surface area contributed by atoms with Gasteiger partial charge < -0.3 is 4.57 Å². The Morgan fingerprint density at radius 2 is 2.38 bits per heavy atom. The molecule has 1 radical (unpaired) electrons. The van der Waals surface area contributed by atoms with Gasteiger partial charge in [-0.3, -0.25) is 0 Å². The SMILES string of the molecule is Cc1[c]cn(C)c1Br. The van der Waals surface area contributed by atoms with Crippen LogP contribution in [0.4, 0.5) is 0 Å². The van der Waals surface area contributed by atoms with Crippen molar-refractivity contribution in [3.63, 3.8) is 0 Å². The number of rotatable bonds is 0. The van der Waals surface area contributed by atoms with Crippen LogP contribution in [0.3, 0.4) is 0 Å². The molecule has 0 spiro atoms. The topological polar surface area (TPSA) is 4.93 Å². The van der Waals surface area contributed by atoms with Gasteiger partial charge in [-0.1, -0.05) is 0 Å². The Kier molecular flexibility index (Phi) is 1.43. The highest BCUT2D eigenvalue weighted by Crippen LogP contribution is 2.13. The molecule has 0 saturated carbocycles. The lowest BCUT2D eigenvalue weighted by Crippen LogP contribution is -1.82. The van der Waals surface area contributed by atoms with Crippen molar-refractivity contribution in [3.05, 3.63) is 22.4 Å². The molecule has 2 heteroatoms. The fourth-order valence-electron chi connectivity index (χ4n) is 0.574. The number of halogens is 1. The summed E-state index contributed by atoms with van der Waals surface area (Å²) in [6, 6.07) is 3.05. The van der Waals surface area contributed by atoms with Crippen molar-refractivity contribution in [3.8, 4) is 0 Å². The number of hydrogen-bond acceptors (Lipinski definition) is 0. The highest BCUT2D eigenvalue weighted by Gasteiger charge is 1.95. The van der Waals surface area contributed by atoms with Crippen LogP contribution < -0.4 is 0 Å². The number of hydrogen-bond donors (Lipinski definition) is 0. The summed E-state index contributed by atoms with van der Waals surface area (Å²) in [5.74, 6) is 0. The van der Waals surface area contributed by atoms with E-state index in [4.69, 9.17) is 0 Å². The van der Waals surface area contributed by atoms with Crippen LogP contribution in [0, 0.1) is 13.0 Å². The average molecular weight is 173 g/mol. The summed E-state index contributed by atoms with van der Waals surface area (Å²) in [5.41, 5.74) is 1.16. The summed E-state index contributed by atoms with van der Waals surface area (Å²) < 4.78 is 3.09. The summed E-state index contributed by atoms with van der Waals surface area (Å²) >= 11 is 3.38. The van der Waals surface area contributed by atoms with E-state index in [9.17, 15) is 0 Å². The minimum Gasteiger partial charge on any atom is -0.345 e. The van der Waals surface area contributed by atoms with Gasteiger partial charge in [0.25, 0.3) is 0 Å². The van der Waals surface area contributed by atoms with Crippen LogP contribution in [0.5, 0.6) is 0 Å². The zero-order valence-electron chi connectivity index (χ0n) is 4.90. The highest BCUT2D eigenvalue weighted by atomic mass is 79.9. The van der Waals surface area contributed by atoms with Gasteiger partial charge in [0.15, 0.2) is 0 Å². The van der Waals surface area contributed by atoms with E-state index in [1.54, 1.807) is 0 Å². The first-order valence-corrected chi connectivity index (χ1v) is 3.20. The van der Waals surface area contributed by atoms with Gasteiger partial charge in [-0.15, -0.1) is 0 Å². The summed E-state index contributed by atoms with van der Waals surface area (Å²) in [5, 5.41) is 0. The first-order chi connectivity index (χ1) is 3.72. The fourth-order valence-corrected chi connectivity index (χ4v) is 0.791. The molecule has 43 valence electrons. The molecule has 0 aliphatic heterocycles. The van der Waals surface area contributed by atoms with Crippen LogP contribution in [-0.4, -0.2) is 4.57 Å². The van der Waals surface area contributed by atoms with Crippen LogP contribution >= 0.6 is 15.9 Å². The molecule has 8 heavy (non-hydrogen) atoms. The summed E-state index contributed by atoms with van der Waals surface area (Å²) in [6.45, 7) is 2.02. The Morgan fingerprint density at radius 1 is 1.75 bits per heavy atom. The molecule has 1 heterocycles. The van der Waals surface area contributed by atoms with Gasteiger partial charge in [-0.2, -0.15) is 0 Å².